The molecule has 0 unspecified atom stereocenters. The first-order chi connectivity index (χ1) is 24.1. The van der Waals surface area contributed by atoms with Gasteiger partial charge in [-0.1, -0.05) is 26.0 Å². The highest BCUT2D eigenvalue weighted by Crippen LogP contribution is 2.35. The third-order valence-electron chi connectivity index (χ3n) is 8.01. The standard InChI is InChI=1S/C33H41N3O10S2/c1-20(2)14-36(48(39,40)25-8-9-29-30(13-25)45-19-44-29)15-28(37)27(35-33(38)46-31-17-43-32-26(31)10-11-41-32)12-22-4-6-24(7-5-22)42-16-23-18-47-21(3)34-23/h4-9,13,18,20,26-28,31-32,37H,10-12,14-17,19H2,1-3H3,(H,35,38)/t26-,27-,28-,31-,32+/m0/s1/i17D2,28D. The Kier molecular flexibility index (Phi) is 9.53. The van der Waals surface area contributed by atoms with Crippen molar-refractivity contribution in [3.05, 3.63) is 64.1 Å². The summed E-state index contributed by atoms with van der Waals surface area (Å²) in [6, 6.07) is 9.56. The van der Waals surface area contributed by atoms with Crippen molar-refractivity contribution in [2.45, 2.75) is 69.6 Å². The lowest BCUT2D eigenvalue weighted by Crippen LogP contribution is -2.51. The second kappa shape index (κ2) is 15.0. The molecule has 13 nitrogen and oxygen atoms in total. The molecule has 15 heteroatoms. The summed E-state index contributed by atoms with van der Waals surface area (Å²) in [6.07, 6.45) is -5.61. The minimum Gasteiger partial charge on any atom is -0.487 e. The van der Waals surface area contributed by atoms with Crippen LogP contribution in [0.15, 0.2) is 52.7 Å². The van der Waals surface area contributed by atoms with Crippen LogP contribution >= 0.6 is 11.3 Å². The van der Waals surface area contributed by atoms with Crippen molar-refractivity contribution in [1.82, 2.24) is 14.6 Å². The molecule has 6 rings (SSSR count). The zero-order valence-electron chi connectivity index (χ0n) is 29.8. The fourth-order valence-corrected chi connectivity index (χ4v) is 7.78. The number of aliphatic hydroxyl groups is 1. The maximum Gasteiger partial charge on any atom is 0.407 e. The molecule has 2 saturated heterocycles. The SMILES string of the molecule is [2H]C1([2H])O[C@H]2OCC[C@H]2[C@H]1OC(=O)N[C@@H](Cc1ccc(OCc2csc(C)n2)cc1)[C@@]([2H])(O)CN(CC(C)C)S(=O)(=O)c1ccc2c(c1)OCO2. The van der Waals surface area contributed by atoms with E-state index < -0.39 is 59.7 Å². The summed E-state index contributed by atoms with van der Waals surface area (Å²) in [6.45, 7) is 2.92. The van der Waals surface area contributed by atoms with Crippen LogP contribution in [0.25, 0.3) is 0 Å². The van der Waals surface area contributed by atoms with Crippen molar-refractivity contribution < 1.29 is 50.9 Å². The molecule has 3 aromatic rings. The molecule has 260 valence electrons. The fourth-order valence-electron chi connectivity index (χ4n) is 5.59. The highest BCUT2D eigenvalue weighted by Gasteiger charge is 2.44. The topological polar surface area (TPSA) is 155 Å². The van der Waals surface area contributed by atoms with Crippen LogP contribution in [0.2, 0.25) is 0 Å². The molecular weight excluding hydrogens is 663 g/mol. The predicted molar refractivity (Wildman–Crippen MR) is 174 cm³/mol. The largest absolute Gasteiger partial charge is 0.487 e. The number of sulfonamides is 1. The number of aryl methyl sites for hydroxylation is 1. The third-order valence-corrected chi connectivity index (χ3v) is 10.6. The quantitative estimate of drug-likeness (QED) is 0.251. The Bertz CT molecular complexity index is 1810. The number of rotatable bonds is 14. The molecule has 2 fully saturated rings. The number of carbonyl (C=O) groups excluding carboxylic acids is 1. The average Bonchev–Trinajstić information content (AvgIpc) is 3.86. The molecule has 1 aromatic heterocycles. The number of nitrogens with zero attached hydrogens (tertiary/aromatic N) is 2. The number of fused-ring (bicyclic) bond motifs is 2. The number of aromatic nitrogens is 1. The molecule has 1 amide bonds. The van der Waals surface area contributed by atoms with E-state index in [0.29, 0.717) is 30.1 Å². The van der Waals surface area contributed by atoms with Gasteiger partial charge in [-0.25, -0.2) is 18.2 Å². The summed E-state index contributed by atoms with van der Waals surface area (Å²) >= 11 is 1.52. The van der Waals surface area contributed by atoms with Crippen molar-refractivity contribution in [3.8, 4) is 17.2 Å². The van der Waals surface area contributed by atoms with Crippen LogP contribution in [0.3, 0.4) is 0 Å². The van der Waals surface area contributed by atoms with Gasteiger partial charge in [-0.15, -0.1) is 11.3 Å². The number of thiazole rings is 1. The second-order valence-corrected chi connectivity index (χ2v) is 15.1. The summed E-state index contributed by atoms with van der Waals surface area (Å²) in [7, 11) is -4.29. The smallest absolute Gasteiger partial charge is 0.407 e. The molecule has 3 aliphatic rings. The van der Waals surface area contributed by atoms with E-state index in [0.717, 1.165) is 15.0 Å². The highest BCUT2D eigenvalue weighted by atomic mass is 32.2. The van der Waals surface area contributed by atoms with E-state index in [1.54, 1.807) is 38.1 Å². The number of carbonyl (C=O) groups is 1. The number of benzene rings is 2. The van der Waals surface area contributed by atoms with Gasteiger partial charge in [-0.2, -0.15) is 4.31 Å². The summed E-state index contributed by atoms with van der Waals surface area (Å²) < 4.78 is 87.5. The Hall–Kier alpha value is -3.47. The molecule has 0 spiro atoms. The number of alkyl carbamates (subject to hydrolysis) is 1. The highest BCUT2D eigenvalue weighted by molar-refractivity contribution is 7.89. The third kappa shape index (κ3) is 8.21. The normalized spacial score (nSPS) is 24.0. The first kappa shape index (κ1) is 30.6. The van der Waals surface area contributed by atoms with Gasteiger partial charge in [0.15, 0.2) is 17.8 Å². The van der Waals surface area contributed by atoms with Gasteiger partial charge in [-0.05, 0) is 55.5 Å². The van der Waals surface area contributed by atoms with Crippen LogP contribution in [-0.4, -0.2) is 86.5 Å². The Labute approximate surface area is 288 Å². The van der Waals surface area contributed by atoms with E-state index in [4.69, 9.17) is 32.5 Å². The summed E-state index contributed by atoms with van der Waals surface area (Å²) in [5, 5.41) is 17.2. The minimum absolute atomic E-state index is 0.0496. The van der Waals surface area contributed by atoms with Crippen molar-refractivity contribution in [2.24, 2.45) is 11.8 Å². The number of ether oxygens (including phenoxy) is 6. The van der Waals surface area contributed by atoms with Gasteiger partial charge in [0.1, 0.15) is 18.5 Å². The van der Waals surface area contributed by atoms with Crippen LogP contribution in [-0.2, 0) is 37.3 Å². The first-order valence-electron chi connectivity index (χ1n) is 17.1. The molecule has 0 radical (unpaired) electrons. The van der Waals surface area contributed by atoms with E-state index >= 15 is 0 Å². The van der Waals surface area contributed by atoms with E-state index in [9.17, 15) is 18.3 Å². The summed E-state index contributed by atoms with van der Waals surface area (Å²) in [5.74, 6) is 0.445. The lowest BCUT2D eigenvalue weighted by Gasteiger charge is -2.31. The second-order valence-electron chi connectivity index (χ2n) is 12.1. The molecule has 2 N–H and O–H groups in total. The van der Waals surface area contributed by atoms with E-state index in [2.05, 4.69) is 10.3 Å². The van der Waals surface area contributed by atoms with E-state index in [-0.39, 0.29) is 42.9 Å². The summed E-state index contributed by atoms with van der Waals surface area (Å²) in [4.78, 5) is 17.7. The Balaban J connectivity index is 1.23. The molecule has 0 aliphatic carbocycles. The van der Waals surface area contributed by atoms with Crippen LogP contribution in [0.5, 0.6) is 17.2 Å². The molecule has 0 saturated carbocycles. The van der Waals surface area contributed by atoms with Crippen LogP contribution in [0.4, 0.5) is 4.79 Å². The van der Waals surface area contributed by atoms with Gasteiger partial charge in [-0.3, -0.25) is 0 Å². The molecule has 4 heterocycles. The van der Waals surface area contributed by atoms with Crippen LogP contribution < -0.4 is 19.5 Å². The van der Waals surface area contributed by atoms with Gasteiger partial charge >= 0.3 is 6.09 Å². The number of amides is 1. The van der Waals surface area contributed by atoms with Crippen molar-refractivity contribution in [1.29, 1.82) is 0 Å². The lowest BCUT2D eigenvalue weighted by atomic mass is 10.0. The van der Waals surface area contributed by atoms with Crippen LogP contribution in [0, 0.1) is 18.8 Å². The monoisotopic (exact) mass is 706 g/mol. The van der Waals surface area contributed by atoms with Crippen molar-refractivity contribution >= 4 is 27.5 Å². The van der Waals surface area contributed by atoms with Gasteiger partial charge < -0.3 is 38.8 Å². The van der Waals surface area contributed by atoms with Gasteiger partial charge in [0.2, 0.25) is 16.8 Å². The lowest BCUT2D eigenvalue weighted by molar-refractivity contribution is -0.0907. The maximum absolute atomic E-state index is 14.0. The van der Waals surface area contributed by atoms with Crippen molar-refractivity contribution in [3.63, 3.8) is 0 Å². The first-order valence-corrected chi connectivity index (χ1v) is 17.9. The molecule has 48 heavy (non-hydrogen) atoms. The van der Waals surface area contributed by atoms with Gasteiger partial charge in [0, 0.05) is 24.5 Å². The Morgan fingerprint density at radius 2 is 1.98 bits per heavy atom. The van der Waals surface area contributed by atoms with Crippen LogP contribution in [0.1, 0.15) is 40.6 Å². The fraction of sp³-hybridized carbons (Fsp3) is 0.515. The number of hydrogen-bond donors (Lipinski definition) is 2. The van der Waals surface area contributed by atoms with Gasteiger partial charge in [0.05, 0.1) is 50.9 Å². The van der Waals surface area contributed by atoms with E-state index in [1.165, 1.54) is 29.5 Å². The zero-order chi connectivity index (χ0) is 36.6. The van der Waals surface area contributed by atoms with E-state index in [1.807, 2.05) is 12.3 Å². The number of nitrogens with one attached hydrogen (secondary N) is 1. The van der Waals surface area contributed by atoms with Gasteiger partial charge in [0.25, 0.3) is 0 Å². The average molecular weight is 707 g/mol. The molecule has 5 atom stereocenters. The Morgan fingerprint density at radius 1 is 1.19 bits per heavy atom. The maximum atomic E-state index is 14.0. The molecule has 0 bridgehead atoms. The Morgan fingerprint density at radius 3 is 2.73 bits per heavy atom. The summed E-state index contributed by atoms with van der Waals surface area (Å²) in [5.41, 5.74) is 1.37. The molecular formula is C33H41N3O10S2. The molecule has 3 aliphatic heterocycles. The van der Waals surface area contributed by atoms with Crippen molar-refractivity contribution in [2.75, 3.05) is 33.0 Å². The minimum atomic E-state index is -4.29. The predicted octanol–water partition coefficient (Wildman–Crippen LogP) is 3.87. The number of hydrogen-bond acceptors (Lipinski definition) is 12. The molecule has 2 aromatic carbocycles. The zero-order valence-corrected chi connectivity index (χ0v) is 28.4.